The van der Waals surface area contributed by atoms with Crippen molar-refractivity contribution in [3.8, 4) is 0 Å². The first-order chi connectivity index (χ1) is 8.66. The molecule has 1 aliphatic rings. The first-order valence-electron chi connectivity index (χ1n) is 6.97. The molecule has 0 unspecified atom stereocenters. The predicted octanol–water partition coefficient (Wildman–Crippen LogP) is 1.28. The minimum Gasteiger partial charge on any atom is -0.355 e. The fourth-order valence-corrected chi connectivity index (χ4v) is 2.51. The van der Waals surface area contributed by atoms with Gasteiger partial charge in [-0.1, -0.05) is 19.1 Å². The molecule has 1 fully saturated rings. The minimum absolute atomic E-state index is 0.741. The normalized spacial score (nSPS) is 17.7. The number of piperidine rings is 1. The molecule has 1 aromatic heterocycles. The quantitative estimate of drug-likeness (QED) is 0.856. The SMILES string of the molecule is CC(C)CNCC1CCN(c2cnnn2C)CC1. The zero-order valence-electron chi connectivity index (χ0n) is 11.8. The maximum absolute atomic E-state index is 3.99. The van der Waals surface area contributed by atoms with Crippen molar-refractivity contribution in [1.29, 1.82) is 0 Å². The van der Waals surface area contributed by atoms with Crippen molar-refractivity contribution < 1.29 is 0 Å². The molecule has 0 amide bonds. The van der Waals surface area contributed by atoms with Gasteiger partial charge in [-0.2, -0.15) is 0 Å². The average Bonchev–Trinajstić information content (AvgIpc) is 2.76. The maximum Gasteiger partial charge on any atom is 0.147 e. The summed E-state index contributed by atoms with van der Waals surface area (Å²) in [6.45, 7) is 9.04. The van der Waals surface area contributed by atoms with Gasteiger partial charge in [0.25, 0.3) is 0 Å². The van der Waals surface area contributed by atoms with Gasteiger partial charge in [-0.25, -0.2) is 4.68 Å². The highest BCUT2D eigenvalue weighted by molar-refractivity contribution is 5.36. The van der Waals surface area contributed by atoms with Crippen LogP contribution in [0.2, 0.25) is 0 Å². The Morgan fingerprint density at radius 2 is 2.11 bits per heavy atom. The van der Waals surface area contributed by atoms with E-state index in [2.05, 4.69) is 34.4 Å². The van der Waals surface area contributed by atoms with Crippen LogP contribution in [0, 0.1) is 11.8 Å². The van der Waals surface area contributed by atoms with Crippen molar-refractivity contribution in [3.63, 3.8) is 0 Å². The van der Waals surface area contributed by atoms with Gasteiger partial charge in [0.2, 0.25) is 0 Å². The summed E-state index contributed by atoms with van der Waals surface area (Å²) < 4.78 is 1.86. The molecule has 1 aromatic rings. The van der Waals surface area contributed by atoms with Crippen LogP contribution in [-0.4, -0.2) is 41.2 Å². The van der Waals surface area contributed by atoms with Crippen molar-refractivity contribution in [3.05, 3.63) is 6.20 Å². The molecule has 0 aromatic carbocycles. The number of hydrogen-bond acceptors (Lipinski definition) is 4. The number of hydrogen-bond donors (Lipinski definition) is 1. The molecule has 0 aliphatic carbocycles. The van der Waals surface area contributed by atoms with Crippen LogP contribution in [0.4, 0.5) is 5.82 Å². The molecule has 5 nitrogen and oxygen atoms in total. The second-order valence-electron chi connectivity index (χ2n) is 5.70. The Kier molecular flexibility index (Phi) is 4.58. The summed E-state index contributed by atoms with van der Waals surface area (Å²) in [5.74, 6) is 2.70. The van der Waals surface area contributed by atoms with E-state index >= 15 is 0 Å². The molecular weight excluding hydrogens is 226 g/mol. The topological polar surface area (TPSA) is 46.0 Å². The number of rotatable bonds is 5. The first kappa shape index (κ1) is 13.3. The van der Waals surface area contributed by atoms with E-state index in [1.807, 2.05) is 17.9 Å². The predicted molar refractivity (Wildman–Crippen MR) is 73.6 cm³/mol. The third-order valence-electron chi connectivity index (χ3n) is 3.61. The van der Waals surface area contributed by atoms with Crippen LogP contribution >= 0.6 is 0 Å². The van der Waals surface area contributed by atoms with Crippen molar-refractivity contribution in [2.24, 2.45) is 18.9 Å². The van der Waals surface area contributed by atoms with E-state index in [9.17, 15) is 0 Å². The van der Waals surface area contributed by atoms with Crippen molar-refractivity contribution in [1.82, 2.24) is 20.3 Å². The molecule has 102 valence electrons. The van der Waals surface area contributed by atoms with Crippen LogP contribution in [0.3, 0.4) is 0 Å². The van der Waals surface area contributed by atoms with Gasteiger partial charge in [0.1, 0.15) is 5.82 Å². The van der Waals surface area contributed by atoms with Gasteiger partial charge >= 0.3 is 0 Å². The third kappa shape index (κ3) is 3.45. The molecule has 0 atom stereocenters. The monoisotopic (exact) mass is 251 g/mol. The largest absolute Gasteiger partial charge is 0.355 e. The molecule has 2 heterocycles. The zero-order valence-corrected chi connectivity index (χ0v) is 11.8. The molecule has 2 rings (SSSR count). The zero-order chi connectivity index (χ0) is 13.0. The van der Waals surface area contributed by atoms with Crippen LogP contribution in [0.1, 0.15) is 26.7 Å². The van der Waals surface area contributed by atoms with Crippen LogP contribution in [0.25, 0.3) is 0 Å². The Bertz CT molecular complexity index is 352. The lowest BCUT2D eigenvalue weighted by atomic mass is 9.96. The summed E-state index contributed by atoms with van der Waals surface area (Å²) in [5.41, 5.74) is 0. The van der Waals surface area contributed by atoms with Crippen LogP contribution in [-0.2, 0) is 7.05 Å². The molecule has 1 aliphatic heterocycles. The lowest BCUT2D eigenvalue weighted by molar-refractivity contribution is 0.371. The minimum atomic E-state index is 0.741. The summed E-state index contributed by atoms with van der Waals surface area (Å²) in [6, 6.07) is 0. The Morgan fingerprint density at radius 1 is 1.39 bits per heavy atom. The Morgan fingerprint density at radius 3 is 2.67 bits per heavy atom. The number of aryl methyl sites for hydroxylation is 1. The highest BCUT2D eigenvalue weighted by Gasteiger charge is 2.20. The van der Waals surface area contributed by atoms with Gasteiger partial charge in [0, 0.05) is 20.1 Å². The standard InChI is InChI=1S/C13H25N5/c1-11(2)8-14-9-12-4-6-18(7-5-12)13-10-15-16-17(13)3/h10-12,14H,4-9H2,1-3H3. The van der Waals surface area contributed by atoms with Gasteiger partial charge in [-0.05, 0) is 37.8 Å². The lowest BCUT2D eigenvalue weighted by Crippen LogP contribution is -2.38. The average molecular weight is 251 g/mol. The van der Waals surface area contributed by atoms with Crippen LogP contribution in [0.15, 0.2) is 6.20 Å². The van der Waals surface area contributed by atoms with E-state index in [0.29, 0.717) is 0 Å². The fourth-order valence-electron chi connectivity index (χ4n) is 2.51. The number of nitrogens with one attached hydrogen (secondary N) is 1. The van der Waals surface area contributed by atoms with E-state index < -0.39 is 0 Å². The first-order valence-corrected chi connectivity index (χ1v) is 6.97. The van der Waals surface area contributed by atoms with Gasteiger partial charge in [0.05, 0.1) is 6.20 Å². The van der Waals surface area contributed by atoms with Gasteiger partial charge in [-0.3, -0.25) is 0 Å². The van der Waals surface area contributed by atoms with E-state index in [1.165, 1.54) is 12.8 Å². The van der Waals surface area contributed by atoms with Crippen LogP contribution in [0.5, 0.6) is 0 Å². The Balaban J connectivity index is 1.73. The molecule has 18 heavy (non-hydrogen) atoms. The van der Waals surface area contributed by atoms with E-state index in [-0.39, 0.29) is 0 Å². The van der Waals surface area contributed by atoms with Gasteiger partial charge in [0.15, 0.2) is 0 Å². The highest BCUT2D eigenvalue weighted by atomic mass is 15.5. The number of aromatic nitrogens is 3. The summed E-state index contributed by atoms with van der Waals surface area (Å²) >= 11 is 0. The van der Waals surface area contributed by atoms with Gasteiger partial charge in [-0.15, -0.1) is 5.10 Å². The second-order valence-corrected chi connectivity index (χ2v) is 5.70. The van der Waals surface area contributed by atoms with Crippen molar-refractivity contribution >= 4 is 5.82 Å². The summed E-state index contributed by atoms with van der Waals surface area (Å²) in [7, 11) is 1.96. The molecule has 1 N–H and O–H groups in total. The van der Waals surface area contributed by atoms with E-state index in [4.69, 9.17) is 0 Å². The Labute approximate surface area is 110 Å². The van der Waals surface area contributed by atoms with Crippen molar-refractivity contribution in [2.75, 3.05) is 31.1 Å². The maximum atomic E-state index is 3.99. The number of anilines is 1. The lowest BCUT2D eigenvalue weighted by Gasteiger charge is -2.33. The smallest absolute Gasteiger partial charge is 0.147 e. The number of nitrogens with zero attached hydrogens (tertiary/aromatic N) is 4. The molecule has 0 bridgehead atoms. The molecule has 0 spiro atoms. The van der Waals surface area contributed by atoms with E-state index in [0.717, 1.165) is 43.8 Å². The second kappa shape index (κ2) is 6.18. The fraction of sp³-hybridized carbons (Fsp3) is 0.846. The molecular formula is C13H25N5. The molecule has 5 heteroatoms. The Hall–Kier alpha value is -1.10. The summed E-state index contributed by atoms with van der Waals surface area (Å²) in [4.78, 5) is 2.39. The molecule has 0 radical (unpaired) electrons. The molecule has 0 saturated carbocycles. The highest BCUT2D eigenvalue weighted by Crippen LogP contribution is 2.21. The van der Waals surface area contributed by atoms with E-state index in [1.54, 1.807) is 0 Å². The summed E-state index contributed by atoms with van der Waals surface area (Å²) in [6.07, 6.45) is 4.38. The van der Waals surface area contributed by atoms with Gasteiger partial charge < -0.3 is 10.2 Å². The summed E-state index contributed by atoms with van der Waals surface area (Å²) in [5, 5.41) is 11.5. The molecule has 1 saturated heterocycles. The van der Waals surface area contributed by atoms with Crippen molar-refractivity contribution in [2.45, 2.75) is 26.7 Å². The van der Waals surface area contributed by atoms with Crippen LogP contribution < -0.4 is 10.2 Å². The third-order valence-corrected chi connectivity index (χ3v) is 3.61.